The van der Waals surface area contributed by atoms with Crippen LogP contribution in [0.2, 0.25) is 0 Å². The number of hydrogen-bond acceptors (Lipinski definition) is 5. The topological polar surface area (TPSA) is 91.4 Å². The molecule has 2 aliphatic heterocycles. The lowest BCUT2D eigenvalue weighted by molar-refractivity contribution is -0.133. The Morgan fingerprint density at radius 3 is 2.60 bits per heavy atom. The Morgan fingerprint density at radius 2 is 1.97 bits per heavy atom. The number of ether oxygens (including phenoxy) is 1. The summed E-state index contributed by atoms with van der Waals surface area (Å²) in [7, 11) is 1.64. The van der Waals surface area contributed by atoms with Gasteiger partial charge in [0.1, 0.15) is 11.6 Å². The largest absolute Gasteiger partial charge is 0.497 e. The van der Waals surface area contributed by atoms with Gasteiger partial charge in [0.25, 0.3) is 0 Å². The average molecular weight is 412 g/mol. The van der Waals surface area contributed by atoms with E-state index < -0.39 is 0 Å². The van der Waals surface area contributed by atoms with Crippen molar-refractivity contribution in [2.75, 3.05) is 33.3 Å². The van der Waals surface area contributed by atoms with Crippen LogP contribution in [-0.4, -0.2) is 70.1 Å². The molecule has 1 aromatic carbocycles. The van der Waals surface area contributed by atoms with Crippen molar-refractivity contribution in [1.29, 1.82) is 0 Å². The number of carbonyl (C=O) groups is 2. The van der Waals surface area contributed by atoms with E-state index in [0.29, 0.717) is 39.0 Å². The molecule has 0 bridgehead atoms. The van der Waals surface area contributed by atoms with E-state index >= 15 is 0 Å². The van der Waals surface area contributed by atoms with E-state index in [0.717, 1.165) is 29.4 Å². The highest BCUT2D eigenvalue weighted by molar-refractivity contribution is 5.77. The predicted octanol–water partition coefficient (Wildman–Crippen LogP) is 1.70. The molecule has 3 heterocycles. The van der Waals surface area contributed by atoms with Crippen LogP contribution in [0, 0.1) is 12.8 Å². The lowest BCUT2D eigenvalue weighted by Gasteiger charge is -2.41. The zero-order chi connectivity index (χ0) is 21.3. The van der Waals surface area contributed by atoms with Gasteiger partial charge in [0.15, 0.2) is 5.82 Å². The molecule has 0 saturated carbocycles. The molecule has 160 valence electrons. The molecule has 2 saturated heterocycles. The number of hydrogen-bond donors (Lipinski definition) is 1. The van der Waals surface area contributed by atoms with Gasteiger partial charge in [-0.25, -0.2) is 4.98 Å². The summed E-state index contributed by atoms with van der Waals surface area (Å²) >= 11 is 0. The number of piperidine rings is 1. The smallest absolute Gasteiger partial charge is 0.222 e. The number of nitrogens with zero attached hydrogens (tertiary/aromatic N) is 4. The molecular formula is C22H29N5O3. The van der Waals surface area contributed by atoms with Crippen LogP contribution in [0.1, 0.15) is 37.0 Å². The third-order valence-electron chi connectivity index (χ3n) is 6.59. The number of methoxy groups -OCH3 is 1. The van der Waals surface area contributed by atoms with Crippen LogP contribution in [0.3, 0.4) is 0 Å². The molecule has 0 radical (unpaired) electrons. The Labute approximate surface area is 176 Å². The number of fused-ring (bicyclic) bond motifs is 1. The standard InChI is InChI=1S/C22H29N5O3/c1-15-23-21(25-24-15)22-10-11-26(12-18(22)13-27(14-22)16(2)28)20(29)9-6-17-4-7-19(30-3)8-5-17/h4-5,7-8,18H,6,9-14H2,1-3H3,(H,23,24,25)/t18-,22-/m1/s1. The third-order valence-corrected chi connectivity index (χ3v) is 6.59. The highest BCUT2D eigenvalue weighted by Crippen LogP contribution is 2.44. The fraction of sp³-hybridized carbons (Fsp3) is 0.545. The number of rotatable bonds is 5. The average Bonchev–Trinajstić information content (AvgIpc) is 3.36. The van der Waals surface area contributed by atoms with Gasteiger partial charge >= 0.3 is 0 Å². The minimum absolute atomic E-state index is 0.0633. The lowest BCUT2D eigenvalue weighted by atomic mass is 9.72. The Kier molecular flexibility index (Phi) is 5.49. The van der Waals surface area contributed by atoms with Crippen molar-refractivity contribution in [2.24, 2.45) is 5.92 Å². The third kappa shape index (κ3) is 3.78. The van der Waals surface area contributed by atoms with Gasteiger partial charge in [0.05, 0.1) is 12.5 Å². The van der Waals surface area contributed by atoms with Crippen molar-refractivity contribution in [2.45, 2.75) is 38.5 Å². The molecule has 0 spiro atoms. The number of aryl methyl sites for hydroxylation is 2. The van der Waals surface area contributed by atoms with E-state index in [1.807, 2.05) is 41.0 Å². The number of benzene rings is 1. The van der Waals surface area contributed by atoms with Crippen molar-refractivity contribution in [3.05, 3.63) is 41.5 Å². The number of nitrogens with one attached hydrogen (secondary N) is 1. The van der Waals surface area contributed by atoms with Crippen molar-refractivity contribution in [3.8, 4) is 5.75 Å². The SMILES string of the molecule is COc1ccc(CCC(=O)N2CC[C@@]3(c4n[nH]c(C)n4)CN(C(C)=O)C[C@H]3C2)cc1. The molecule has 2 amide bonds. The van der Waals surface area contributed by atoms with Crippen LogP contribution < -0.4 is 4.74 Å². The number of carbonyl (C=O) groups excluding carboxylic acids is 2. The fourth-order valence-corrected chi connectivity index (χ4v) is 4.78. The van der Waals surface area contributed by atoms with Crippen LogP contribution in [0.4, 0.5) is 0 Å². The van der Waals surface area contributed by atoms with E-state index in [-0.39, 0.29) is 23.1 Å². The number of likely N-dealkylation sites (tertiary alicyclic amines) is 2. The van der Waals surface area contributed by atoms with E-state index in [1.54, 1.807) is 14.0 Å². The molecule has 1 aromatic heterocycles. The van der Waals surface area contributed by atoms with E-state index in [2.05, 4.69) is 15.2 Å². The predicted molar refractivity (Wildman–Crippen MR) is 111 cm³/mol. The molecule has 0 aliphatic carbocycles. The molecule has 8 nitrogen and oxygen atoms in total. The molecule has 2 fully saturated rings. The summed E-state index contributed by atoms with van der Waals surface area (Å²) in [6.45, 7) is 6.06. The van der Waals surface area contributed by atoms with Gasteiger partial charge < -0.3 is 14.5 Å². The first-order valence-corrected chi connectivity index (χ1v) is 10.5. The second-order valence-corrected chi connectivity index (χ2v) is 8.43. The second kappa shape index (κ2) is 8.08. The fourth-order valence-electron chi connectivity index (χ4n) is 4.78. The molecule has 0 unspecified atom stereocenters. The zero-order valence-corrected chi connectivity index (χ0v) is 17.9. The molecule has 2 atom stereocenters. The number of H-pyrrole nitrogens is 1. The Balaban J connectivity index is 1.44. The maximum Gasteiger partial charge on any atom is 0.222 e. The van der Waals surface area contributed by atoms with Crippen LogP contribution in [0.25, 0.3) is 0 Å². The van der Waals surface area contributed by atoms with Crippen molar-refractivity contribution in [1.82, 2.24) is 25.0 Å². The van der Waals surface area contributed by atoms with Gasteiger partial charge in [-0.05, 0) is 37.5 Å². The summed E-state index contributed by atoms with van der Waals surface area (Å²) < 4.78 is 5.19. The molecular weight excluding hydrogens is 382 g/mol. The van der Waals surface area contributed by atoms with Gasteiger partial charge in [-0.3, -0.25) is 14.7 Å². The molecule has 2 aliphatic rings. The minimum Gasteiger partial charge on any atom is -0.497 e. The van der Waals surface area contributed by atoms with Gasteiger partial charge in [0.2, 0.25) is 11.8 Å². The van der Waals surface area contributed by atoms with Gasteiger partial charge in [-0.1, -0.05) is 12.1 Å². The summed E-state index contributed by atoms with van der Waals surface area (Å²) in [6, 6.07) is 7.84. The molecule has 4 rings (SSSR count). The van der Waals surface area contributed by atoms with Crippen molar-refractivity contribution < 1.29 is 14.3 Å². The summed E-state index contributed by atoms with van der Waals surface area (Å²) in [5, 5.41) is 7.38. The maximum atomic E-state index is 12.9. The quantitative estimate of drug-likeness (QED) is 0.809. The van der Waals surface area contributed by atoms with Gasteiger partial charge in [-0.2, -0.15) is 5.10 Å². The summed E-state index contributed by atoms with van der Waals surface area (Å²) in [5.41, 5.74) is 0.846. The first-order valence-electron chi connectivity index (χ1n) is 10.5. The molecule has 1 N–H and O–H groups in total. The van der Waals surface area contributed by atoms with Crippen LogP contribution in [0.5, 0.6) is 5.75 Å². The molecule has 30 heavy (non-hydrogen) atoms. The normalized spacial score (nSPS) is 23.4. The number of amides is 2. The van der Waals surface area contributed by atoms with Gasteiger partial charge in [-0.15, -0.1) is 0 Å². The number of aromatic nitrogens is 3. The summed E-state index contributed by atoms with van der Waals surface area (Å²) in [4.78, 5) is 33.4. The highest BCUT2D eigenvalue weighted by atomic mass is 16.5. The van der Waals surface area contributed by atoms with Crippen LogP contribution in [-0.2, 0) is 21.4 Å². The Hall–Kier alpha value is -2.90. The first-order chi connectivity index (χ1) is 14.4. The Morgan fingerprint density at radius 1 is 1.23 bits per heavy atom. The first kappa shape index (κ1) is 20.4. The van der Waals surface area contributed by atoms with Crippen LogP contribution in [0.15, 0.2) is 24.3 Å². The van der Waals surface area contributed by atoms with Crippen LogP contribution >= 0.6 is 0 Å². The van der Waals surface area contributed by atoms with Crippen molar-refractivity contribution in [3.63, 3.8) is 0 Å². The Bertz CT molecular complexity index is 925. The molecule has 2 aromatic rings. The van der Waals surface area contributed by atoms with E-state index in [1.165, 1.54) is 0 Å². The molecule has 8 heteroatoms. The number of aromatic amines is 1. The van der Waals surface area contributed by atoms with E-state index in [9.17, 15) is 9.59 Å². The van der Waals surface area contributed by atoms with Gasteiger partial charge in [0, 0.05) is 45.4 Å². The second-order valence-electron chi connectivity index (χ2n) is 8.43. The zero-order valence-electron chi connectivity index (χ0n) is 17.9. The van der Waals surface area contributed by atoms with E-state index in [4.69, 9.17) is 4.74 Å². The lowest BCUT2D eigenvalue weighted by Crippen LogP contribution is -2.51. The maximum absolute atomic E-state index is 12.9. The monoisotopic (exact) mass is 411 g/mol. The summed E-state index contributed by atoms with van der Waals surface area (Å²) in [6.07, 6.45) is 1.95. The van der Waals surface area contributed by atoms with Crippen molar-refractivity contribution >= 4 is 11.8 Å². The highest BCUT2D eigenvalue weighted by Gasteiger charge is 2.54. The summed E-state index contributed by atoms with van der Waals surface area (Å²) in [5.74, 6) is 2.74. The minimum atomic E-state index is -0.275.